The average Bonchev–Trinajstić information content (AvgIpc) is 3.41. The van der Waals surface area contributed by atoms with Crippen LogP contribution in [-0.2, 0) is 23.7 Å². The van der Waals surface area contributed by atoms with E-state index in [-0.39, 0.29) is 23.2 Å². The lowest BCUT2D eigenvalue weighted by atomic mass is 9.99. The highest BCUT2D eigenvalue weighted by atomic mass is 16.6. The van der Waals surface area contributed by atoms with Crippen LogP contribution in [0, 0.1) is 0 Å². The first kappa shape index (κ1) is 21.4. The number of ether oxygens (including phenoxy) is 5. The van der Waals surface area contributed by atoms with Crippen molar-refractivity contribution in [3.63, 3.8) is 0 Å². The van der Waals surface area contributed by atoms with Crippen LogP contribution in [0.15, 0.2) is 0 Å². The van der Waals surface area contributed by atoms with Gasteiger partial charge < -0.3 is 28.8 Å². The maximum atomic E-state index is 9.03. The van der Waals surface area contributed by atoms with Crippen molar-refractivity contribution in [3.05, 3.63) is 0 Å². The first-order valence-electron chi connectivity index (χ1n) is 9.70. The van der Waals surface area contributed by atoms with Gasteiger partial charge in [-0.2, -0.15) is 0 Å². The van der Waals surface area contributed by atoms with Gasteiger partial charge in [-0.15, -0.1) is 0 Å². The molecule has 5 rings (SSSR count). The predicted molar refractivity (Wildman–Crippen MR) is 97.8 cm³/mol. The molecule has 158 valence electrons. The van der Waals surface area contributed by atoms with Crippen LogP contribution in [0.3, 0.4) is 0 Å². The molecular weight excluding hydrogens is 354 g/mol. The fourth-order valence-corrected chi connectivity index (χ4v) is 3.68. The van der Waals surface area contributed by atoms with E-state index in [2.05, 4.69) is 31.0 Å². The van der Waals surface area contributed by atoms with Crippen molar-refractivity contribution >= 4 is 0 Å². The Hall–Kier alpha value is -0.360. The molecule has 9 nitrogen and oxygen atoms in total. The number of aliphatic hydroxyl groups excluding tert-OH is 1. The maximum Gasteiger partial charge on any atom is 0.102 e. The SMILES string of the molecule is CC1(C)COCN1.CCC12COCN1COC2.OCC12COCN1COC2. The monoisotopic (exact) mass is 389 g/mol. The third-order valence-corrected chi connectivity index (χ3v) is 5.88. The van der Waals surface area contributed by atoms with Gasteiger partial charge in [0.05, 0.1) is 57.4 Å². The zero-order valence-corrected chi connectivity index (χ0v) is 16.9. The Morgan fingerprint density at radius 2 is 1.26 bits per heavy atom. The second kappa shape index (κ2) is 8.98. The van der Waals surface area contributed by atoms with Gasteiger partial charge in [-0.25, -0.2) is 9.80 Å². The number of hydrogen-bond acceptors (Lipinski definition) is 9. The summed E-state index contributed by atoms with van der Waals surface area (Å²) in [4.78, 5) is 4.29. The summed E-state index contributed by atoms with van der Waals surface area (Å²) < 4.78 is 26.1. The molecule has 0 unspecified atom stereocenters. The molecule has 0 aromatic rings. The zero-order chi connectivity index (χ0) is 19.4. The summed E-state index contributed by atoms with van der Waals surface area (Å²) in [6.07, 6.45) is 1.13. The summed E-state index contributed by atoms with van der Waals surface area (Å²) in [6, 6.07) is 0. The lowest BCUT2D eigenvalue weighted by Gasteiger charge is -2.24. The van der Waals surface area contributed by atoms with E-state index in [9.17, 15) is 0 Å². The van der Waals surface area contributed by atoms with E-state index in [4.69, 9.17) is 28.8 Å². The van der Waals surface area contributed by atoms with Gasteiger partial charge in [-0.3, -0.25) is 5.32 Å². The summed E-state index contributed by atoms with van der Waals surface area (Å²) in [5.41, 5.74) is 0.250. The van der Waals surface area contributed by atoms with Gasteiger partial charge in [0.1, 0.15) is 26.9 Å². The maximum absolute atomic E-state index is 9.03. The van der Waals surface area contributed by atoms with Gasteiger partial charge in [-0.05, 0) is 20.3 Å². The smallest absolute Gasteiger partial charge is 0.102 e. The Morgan fingerprint density at radius 1 is 0.778 bits per heavy atom. The Kier molecular flexibility index (Phi) is 7.10. The van der Waals surface area contributed by atoms with Gasteiger partial charge in [0.2, 0.25) is 0 Å². The highest BCUT2D eigenvalue weighted by Crippen LogP contribution is 2.30. The van der Waals surface area contributed by atoms with Crippen molar-refractivity contribution in [2.45, 2.75) is 43.8 Å². The number of nitrogens with one attached hydrogen (secondary N) is 1. The molecule has 0 atom stereocenters. The molecule has 0 bridgehead atoms. The van der Waals surface area contributed by atoms with Crippen LogP contribution in [-0.4, -0.2) is 105 Å². The number of hydrogen-bond donors (Lipinski definition) is 2. The van der Waals surface area contributed by atoms with Gasteiger partial charge >= 0.3 is 0 Å². The molecule has 5 saturated heterocycles. The van der Waals surface area contributed by atoms with Crippen molar-refractivity contribution in [1.29, 1.82) is 0 Å². The van der Waals surface area contributed by atoms with Gasteiger partial charge in [0, 0.05) is 5.54 Å². The molecule has 2 N–H and O–H groups in total. The van der Waals surface area contributed by atoms with Crippen LogP contribution in [0.25, 0.3) is 0 Å². The molecule has 0 aromatic carbocycles. The van der Waals surface area contributed by atoms with Gasteiger partial charge in [-0.1, -0.05) is 6.92 Å². The molecule has 0 aliphatic carbocycles. The molecule has 9 heteroatoms. The molecule has 0 aromatic heterocycles. The normalized spacial score (nSPS) is 30.2. The van der Waals surface area contributed by atoms with Gasteiger partial charge in [0.15, 0.2) is 0 Å². The third kappa shape index (κ3) is 4.80. The lowest BCUT2D eigenvalue weighted by Crippen LogP contribution is -2.46. The van der Waals surface area contributed by atoms with E-state index in [0.29, 0.717) is 33.4 Å². The lowest BCUT2D eigenvalue weighted by molar-refractivity contribution is 0.0692. The first-order chi connectivity index (χ1) is 13.0. The summed E-state index contributed by atoms with van der Waals surface area (Å²) in [5.74, 6) is 0. The fraction of sp³-hybridized carbons (Fsp3) is 1.00. The van der Waals surface area contributed by atoms with Crippen LogP contribution in [0.5, 0.6) is 0 Å². The molecule has 5 fully saturated rings. The minimum absolute atomic E-state index is 0.132. The second-order valence-electron chi connectivity index (χ2n) is 8.50. The number of fused-ring (bicyclic) bond motifs is 2. The summed E-state index contributed by atoms with van der Waals surface area (Å²) >= 11 is 0. The largest absolute Gasteiger partial charge is 0.394 e. The Morgan fingerprint density at radius 3 is 1.52 bits per heavy atom. The average molecular weight is 389 g/mol. The summed E-state index contributed by atoms with van der Waals surface area (Å²) in [7, 11) is 0. The van der Waals surface area contributed by atoms with E-state index in [0.717, 1.165) is 39.7 Å². The van der Waals surface area contributed by atoms with Crippen LogP contribution in [0.4, 0.5) is 0 Å². The molecule has 5 aliphatic rings. The third-order valence-electron chi connectivity index (χ3n) is 5.88. The molecule has 5 aliphatic heterocycles. The quantitative estimate of drug-likeness (QED) is 0.664. The summed E-state index contributed by atoms with van der Waals surface area (Å²) in [5, 5.41) is 12.2. The minimum atomic E-state index is -0.208. The standard InChI is InChI=1S/C7H13NO2.C6H11NO3.C5H11NO/c1-2-7-3-9-5-8(7)6-10-4-7;8-1-6-2-9-4-7(6)5-10-3-6;1-5(2)3-7-4-6-5/h2-6H2,1H3;8H,1-5H2;6H,3-4H2,1-2H3. The molecule has 0 saturated carbocycles. The van der Waals surface area contributed by atoms with E-state index >= 15 is 0 Å². The van der Waals surface area contributed by atoms with Crippen LogP contribution in [0.2, 0.25) is 0 Å². The number of aliphatic hydroxyl groups is 1. The van der Waals surface area contributed by atoms with E-state index in [1.54, 1.807) is 0 Å². The van der Waals surface area contributed by atoms with E-state index in [1.165, 1.54) is 0 Å². The zero-order valence-electron chi connectivity index (χ0n) is 16.9. The van der Waals surface area contributed by atoms with Crippen molar-refractivity contribution in [2.75, 3.05) is 73.3 Å². The highest BCUT2D eigenvalue weighted by molar-refractivity contribution is 4.95. The Labute approximate surface area is 161 Å². The van der Waals surface area contributed by atoms with E-state index < -0.39 is 0 Å². The van der Waals surface area contributed by atoms with Crippen molar-refractivity contribution in [1.82, 2.24) is 15.1 Å². The molecule has 5 heterocycles. The topological polar surface area (TPSA) is 84.9 Å². The van der Waals surface area contributed by atoms with Crippen LogP contribution >= 0.6 is 0 Å². The highest BCUT2D eigenvalue weighted by Gasteiger charge is 2.46. The second-order valence-corrected chi connectivity index (χ2v) is 8.50. The molecule has 27 heavy (non-hydrogen) atoms. The van der Waals surface area contributed by atoms with Crippen molar-refractivity contribution < 1.29 is 28.8 Å². The fourth-order valence-electron chi connectivity index (χ4n) is 3.68. The van der Waals surface area contributed by atoms with Crippen molar-refractivity contribution in [2.24, 2.45) is 0 Å². The van der Waals surface area contributed by atoms with Crippen molar-refractivity contribution in [3.8, 4) is 0 Å². The van der Waals surface area contributed by atoms with Crippen LogP contribution < -0.4 is 5.32 Å². The summed E-state index contributed by atoms with van der Waals surface area (Å²) in [6.45, 7) is 13.7. The van der Waals surface area contributed by atoms with Crippen LogP contribution in [0.1, 0.15) is 27.2 Å². The molecular formula is C18H35N3O6. The first-order valence-corrected chi connectivity index (χ1v) is 9.70. The molecule has 0 spiro atoms. The minimum Gasteiger partial charge on any atom is -0.394 e. The van der Waals surface area contributed by atoms with E-state index in [1.807, 2.05) is 4.90 Å². The number of nitrogens with zero attached hydrogens (tertiary/aromatic N) is 2. The Bertz CT molecular complexity index is 418. The molecule has 0 radical (unpaired) electrons. The number of rotatable bonds is 2. The molecule has 0 amide bonds. The van der Waals surface area contributed by atoms with Gasteiger partial charge in [0.25, 0.3) is 0 Å². The Balaban J connectivity index is 0.000000119. The predicted octanol–water partition coefficient (Wildman–Crippen LogP) is -0.250.